The van der Waals surface area contributed by atoms with Gasteiger partial charge in [0, 0.05) is 11.5 Å². The van der Waals surface area contributed by atoms with Crippen LogP contribution in [-0.2, 0) is 4.74 Å². The Balaban J connectivity index is 1.91. The van der Waals surface area contributed by atoms with Crippen LogP contribution in [-0.4, -0.2) is 34.9 Å². The van der Waals surface area contributed by atoms with E-state index >= 15 is 0 Å². The molecule has 0 aliphatic rings. The Labute approximate surface area is 166 Å². The molecule has 1 aromatic heterocycles. The summed E-state index contributed by atoms with van der Waals surface area (Å²) in [5.74, 6) is -0.816. The van der Waals surface area contributed by atoms with Crippen LogP contribution in [0.4, 0.5) is 24.7 Å². The van der Waals surface area contributed by atoms with E-state index in [4.69, 9.17) is 27.9 Å². The molecule has 0 saturated heterocycles. The molecule has 0 spiro atoms. The molecule has 3 rings (SSSR count). The van der Waals surface area contributed by atoms with Crippen LogP contribution < -0.4 is 10.1 Å². The molecule has 148 valence electrons. The zero-order valence-electron chi connectivity index (χ0n) is 13.9. The van der Waals surface area contributed by atoms with E-state index in [0.717, 1.165) is 0 Å². The molecule has 0 fully saturated rings. The van der Waals surface area contributed by atoms with Gasteiger partial charge in [-0.2, -0.15) is 8.78 Å². The Morgan fingerprint density at radius 2 is 1.93 bits per heavy atom. The molecule has 0 aliphatic carbocycles. The summed E-state index contributed by atoms with van der Waals surface area (Å²) in [5, 5.41) is 13.0. The summed E-state index contributed by atoms with van der Waals surface area (Å²) < 4.78 is 47.6. The molecular weight excluding hydrogens is 422 g/mol. The molecule has 3 aromatic rings. The highest BCUT2D eigenvalue weighted by Gasteiger charge is 2.15. The van der Waals surface area contributed by atoms with Gasteiger partial charge in [0.2, 0.25) is 0 Å². The first-order chi connectivity index (χ1) is 13.4. The minimum absolute atomic E-state index is 0.00201. The van der Waals surface area contributed by atoms with Gasteiger partial charge >= 0.3 is 6.61 Å². The Hall–Kier alpha value is -2.49. The van der Waals surface area contributed by atoms with Gasteiger partial charge in [-0.15, -0.1) is 0 Å². The first kappa shape index (κ1) is 20.2. The molecule has 2 aromatic carbocycles. The summed E-state index contributed by atoms with van der Waals surface area (Å²) in [5.41, 5.74) is 0.363. The molecule has 0 saturated carbocycles. The number of hydrogen-bond acceptors (Lipinski definition) is 6. The lowest BCUT2D eigenvalue weighted by Gasteiger charge is -2.13. The second-order valence-corrected chi connectivity index (χ2v) is 6.17. The van der Waals surface area contributed by atoms with Gasteiger partial charge in [-0.3, -0.25) is 0 Å². The van der Waals surface area contributed by atoms with Crippen LogP contribution in [0, 0.1) is 5.82 Å². The zero-order valence-corrected chi connectivity index (χ0v) is 15.4. The maximum Gasteiger partial charge on any atom is 0.345 e. The van der Waals surface area contributed by atoms with E-state index in [2.05, 4.69) is 20.0 Å². The van der Waals surface area contributed by atoms with Gasteiger partial charge in [0.25, 0.3) is 0 Å². The van der Waals surface area contributed by atoms with Crippen molar-refractivity contribution in [1.82, 2.24) is 9.97 Å². The number of phenolic OH excluding ortho intramolecular Hbond substituents is 1. The number of alkyl halides is 2. The molecule has 0 radical (unpaired) electrons. The fourth-order valence-corrected chi connectivity index (χ4v) is 2.64. The number of nitrogens with one attached hydrogen (secondary N) is 1. The van der Waals surface area contributed by atoms with Crippen LogP contribution in [0.2, 0.25) is 10.0 Å². The molecule has 28 heavy (non-hydrogen) atoms. The van der Waals surface area contributed by atoms with Gasteiger partial charge in [-0.25, -0.2) is 14.4 Å². The van der Waals surface area contributed by atoms with Gasteiger partial charge in [0.05, 0.1) is 27.9 Å². The Kier molecular flexibility index (Phi) is 6.28. The van der Waals surface area contributed by atoms with E-state index in [1.54, 1.807) is 0 Å². The molecule has 6 nitrogen and oxygen atoms in total. The number of anilines is 2. The molecule has 0 bridgehead atoms. The van der Waals surface area contributed by atoms with Crippen molar-refractivity contribution in [1.29, 1.82) is 0 Å². The van der Waals surface area contributed by atoms with E-state index in [0.29, 0.717) is 10.9 Å². The average Bonchev–Trinajstić information content (AvgIpc) is 2.66. The molecule has 0 atom stereocenters. The van der Waals surface area contributed by atoms with Crippen LogP contribution in [0.1, 0.15) is 0 Å². The molecule has 2 N–H and O–H groups in total. The van der Waals surface area contributed by atoms with Gasteiger partial charge in [0.1, 0.15) is 18.8 Å². The number of aromatic nitrogens is 2. The normalized spacial score (nSPS) is 11.2. The monoisotopic (exact) mass is 433 g/mol. The number of hydrogen-bond donors (Lipinski definition) is 2. The summed E-state index contributed by atoms with van der Waals surface area (Å²) in [4.78, 5) is 8.09. The quantitative estimate of drug-likeness (QED) is 0.396. The van der Waals surface area contributed by atoms with Crippen LogP contribution in [0.5, 0.6) is 11.5 Å². The number of ether oxygens (including phenoxy) is 2. The van der Waals surface area contributed by atoms with Crippen LogP contribution in [0.15, 0.2) is 30.6 Å². The topological polar surface area (TPSA) is 76.5 Å². The maximum absolute atomic E-state index is 14.3. The molecule has 1 heterocycles. The first-order valence-corrected chi connectivity index (χ1v) is 8.53. The highest BCUT2D eigenvalue weighted by Crippen LogP contribution is 2.36. The fraction of sp³-hybridized carbons (Fsp3) is 0.176. The third-order valence-electron chi connectivity index (χ3n) is 3.59. The zero-order chi connectivity index (χ0) is 20.3. The SMILES string of the molecule is Oc1cc2ncnc(Nc3ccc(Cl)c(Cl)c3F)c2cc1OCCOC(F)F. The lowest BCUT2D eigenvalue weighted by atomic mass is 10.2. The smallest absolute Gasteiger partial charge is 0.345 e. The first-order valence-electron chi connectivity index (χ1n) is 7.77. The van der Waals surface area contributed by atoms with E-state index in [9.17, 15) is 18.3 Å². The second-order valence-electron chi connectivity index (χ2n) is 5.39. The van der Waals surface area contributed by atoms with Crippen molar-refractivity contribution in [2.75, 3.05) is 18.5 Å². The highest BCUT2D eigenvalue weighted by molar-refractivity contribution is 6.42. The highest BCUT2D eigenvalue weighted by atomic mass is 35.5. The van der Waals surface area contributed by atoms with E-state index in [1.165, 1.54) is 30.6 Å². The predicted molar refractivity (Wildman–Crippen MR) is 98.4 cm³/mol. The van der Waals surface area contributed by atoms with Crippen molar-refractivity contribution in [3.05, 3.63) is 46.5 Å². The molecule has 11 heteroatoms. The summed E-state index contributed by atoms with van der Waals surface area (Å²) in [6.07, 6.45) is 1.22. The molecule has 0 unspecified atom stereocenters. The predicted octanol–water partition coefficient (Wildman–Crippen LogP) is 5.14. The van der Waals surface area contributed by atoms with Gasteiger partial charge in [0.15, 0.2) is 17.3 Å². The average molecular weight is 434 g/mol. The number of nitrogens with zero attached hydrogens (tertiary/aromatic N) is 2. The van der Waals surface area contributed by atoms with Crippen molar-refractivity contribution >= 4 is 45.6 Å². The van der Waals surface area contributed by atoms with Crippen molar-refractivity contribution < 1.29 is 27.8 Å². The number of rotatable bonds is 7. The number of benzene rings is 2. The van der Waals surface area contributed by atoms with E-state index in [-0.39, 0.29) is 46.3 Å². The second kappa shape index (κ2) is 8.68. The Bertz CT molecular complexity index is 1010. The van der Waals surface area contributed by atoms with Gasteiger partial charge < -0.3 is 19.9 Å². The molecule has 0 aliphatic heterocycles. The summed E-state index contributed by atoms with van der Waals surface area (Å²) in [6.45, 7) is -3.51. The van der Waals surface area contributed by atoms with Crippen LogP contribution in [0.3, 0.4) is 0 Å². The number of fused-ring (bicyclic) bond motifs is 1. The van der Waals surface area contributed by atoms with Crippen molar-refractivity contribution in [2.45, 2.75) is 6.61 Å². The van der Waals surface area contributed by atoms with E-state index < -0.39 is 12.4 Å². The third-order valence-corrected chi connectivity index (χ3v) is 4.37. The summed E-state index contributed by atoms with van der Waals surface area (Å²) in [6, 6.07) is 5.50. The van der Waals surface area contributed by atoms with E-state index in [1.807, 2.05) is 0 Å². The lowest BCUT2D eigenvalue weighted by Crippen LogP contribution is -2.09. The fourth-order valence-electron chi connectivity index (χ4n) is 2.33. The van der Waals surface area contributed by atoms with Crippen molar-refractivity contribution in [3.63, 3.8) is 0 Å². The molecule has 0 amide bonds. The number of phenols is 1. The maximum atomic E-state index is 14.3. The Morgan fingerprint density at radius 1 is 1.14 bits per heavy atom. The van der Waals surface area contributed by atoms with Gasteiger partial charge in [-0.05, 0) is 18.2 Å². The largest absolute Gasteiger partial charge is 0.504 e. The lowest BCUT2D eigenvalue weighted by molar-refractivity contribution is -0.133. The number of aromatic hydroxyl groups is 1. The minimum atomic E-state index is -2.92. The van der Waals surface area contributed by atoms with Gasteiger partial charge in [-0.1, -0.05) is 23.2 Å². The Morgan fingerprint density at radius 3 is 2.68 bits per heavy atom. The third kappa shape index (κ3) is 4.49. The summed E-state index contributed by atoms with van der Waals surface area (Å²) >= 11 is 11.6. The number of halogens is 5. The van der Waals surface area contributed by atoms with Crippen LogP contribution in [0.25, 0.3) is 10.9 Å². The standard InChI is InChI=1S/C17H12Cl2F3N3O3/c18-9-1-2-10(15(20)14(9)19)25-16-8-5-13(27-3-4-28-17(21)22)12(26)6-11(8)23-7-24-16/h1-2,5-7,17,26H,3-4H2,(H,23,24,25). The minimum Gasteiger partial charge on any atom is -0.504 e. The van der Waals surface area contributed by atoms with Crippen LogP contribution >= 0.6 is 23.2 Å². The summed E-state index contributed by atoms with van der Waals surface area (Å²) in [7, 11) is 0. The van der Waals surface area contributed by atoms with Crippen molar-refractivity contribution in [2.24, 2.45) is 0 Å². The van der Waals surface area contributed by atoms with Crippen molar-refractivity contribution in [3.8, 4) is 11.5 Å². The molecular formula is C17H12Cl2F3N3O3.